The molecule has 1 amide bonds. The average Bonchev–Trinajstić information content (AvgIpc) is 2.98. The van der Waals surface area contributed by atoms with Crippen molar-refractivity contribution in [3.05, 3.63) is 71.5 Å². The van der Waals surface area contributed by atoms with Crippen molar-refractivity contribution in [1.82, 2.24) is 14.9 Å². The molecule has 0 radical (unpaired) electrons. The molecule has 0 aliphatic rings. The number of ether oxygens (including phenoxy) is 1. The Morgan fingerprint density at radius 2 is 1.96 bits per heavy atom. The highest BCUT2D eigenvalue weighted by Gasteiger charge is 2.11. The van der Waals surface area contributed by atoms with Crippen molar-refractivity contribution >= 4 is 28.5 Å². The summed E-state index contributed by atoms with van der Waals surface area (Å²) in [5, 5.41) is 3.50. The number of nitrogens with one attached hydrogen (secondary N) is 1. The first-order valence-electron chi connectivity index (χ1n) is 8.76. The molecule has 1 N–H and O–H groups in total. The molecule has 0 saturated carbocycles. The molecular formula is C21H22ClN3O2. The van der Waals surface area contributed by atoms with Gasteiger partial charge in [0.1, 0.15) is 11.6 Å². The molecule has 0 fully saturated rings. The number of imidazole rings is 1. The fraction of sp³-hybridized carbons (Fsp3) is 0.238. The average molecular weight is 384 g/mol. The highest BCUT2D eigenvalue weighted by atomic mass is 35.5. The van der Waals surface area contributed by atoms with Crippen molar-refractivity contribution in [3.8, 4) is 5.75 Å². The van der Waals surface area contributed by atoms with Crippen molar-refractivity contribution in [2.75, 3.05) is 13.2 Å². The van der Waals surface area contributed by atoms with Crippen molar-refractivity contribution in [3.63, 3.8) is 0 Å². The maximum Gasteiger partial charge on any atom is 0.257 e. The highest BCUT2D eigenvalue weighted by molar-refractivity contribution is 6.30. The van der Waals surface area contributed by atoms with E-state index >= 15 is 0 Å². The number of benzene rings is 2. The summed E-state index contributed by atoms with van der Waals surface area (Å²) in [6, 6.07) is 14.9. The third-order valence-electron chi connectivity index (χ3n) is 4.02. The van der Waals surface area contributed by atoms with Crippen LogP contribution in [-0.2, 0) is 17.8 Å². The highest BCUT2D eigenvalue weighted by Crippen LogP contribution is 2.18. The van der Waals surface area contributed by atoms with Gasteiger partial charge < -0.3 is 14.6 Å². The maximum atomic E-state index is 12.0. The topological polar surface area (TPSA) is 56.2 Å². The Morgan fingerprint density at radius 1 is 1.22 bits per heavy atom. The van der Waals surface area contributed by atoms with Gasteiger partial charge in [-0.3, -0.25) is 4.79 Å². The predicted octanol–water partition coefficient (Wildman–Crippen LogP) is 4.00. The number of allylic oxidation sites excluding steroid dienone is 1. The lowest BCUT2D eigenvalue weighted by Gasteiger charge is -2.10. The standard InChI is InChI=1S/C21H22ClN3O2/c1-15(2)13-25-19-6-4-3-5-18(19)24-20(25)11-12-23-21(26)14-27-17-9-7-16(22)8-10-17/h3-10H,1,11-14H2,2H3,(H,23,26). The van der Waals surface area contributed by atoms with Gasteiger partial charge in [0.15, 0.2) is 6.61 Å². The molecule has 3 aromatic rings. The van der Waals surface area contributed by atoms with Gasteiger partial charge in [0, 0.05) is 24.5 Å². The van der Waals surface area contributed by atoms with Crippen molar-refractivity contribution in [2.45, 2.75) is 19.9 Å². The number of nitrogens with zero attached hydrogens (tertiary/aromatic N) is 2. The lowest BCUT2D eigenvalue weighted by atomic mass is 10.3. The zero-order valence-electron chi connectivity index (χ0n) is 15.2. The van der Waals surface area contributed by atoms with Gasteiger partial charge in [-0.15, -0.1) is 0 Å². The number of aromatic nitrogens is 2. The Balaban J connectivity index is 1.55. The van der Waals surface area contributed by atoms with Crippen LogP contribution in [0.15, 0.2) is 60.7 Å². The second-order valence-corrected chi connectivity index (χ2v) is 6.84. The van der Waals surface area contributed by atoms with Gasteiger partial charge in [-0.05, 0) is 43.3 Å². The molecule has 140 valence electrons. The van der Waals surface area contributed by atoms with E-state index in [0.717, 1.165) is 22.4 Å². The number of hydrogen-bond acceptors (Lipinski definition) is 3. The van der Waals surface area contributed by atoms with Crippen molar-refractivity contribution < 1.29 is 9.53 Å². The third kappa shape index (κ3) is 5.11. The molecule has 3 rings (SSSR count). The first-order chi connectivity index (χ1) is 13.0. The van der Waals surface area contributed by atoms with E-state index in [1.807, 2.05) is 31.2 Å². The Labute approximate surface area is 163 Å². The summed E-state index contributed by atoms with van der Waals surface area (Å²) < 4.78 is 7.59. The van der Waals surface area contributed by atoms with Gasteiger partial charge in [0.25, 0.3) is 5.91 Å². The summed E-state index contributed by atoms with van der Waals surface area (Å²) in [6.45, 7) is 7.16. The van der Waals surface area contributed by atoms with Gasteiger partial charge in [0.2, 0.25) is 0 Å². The normalized spacial score (nSPS) is 10.7. The molecule has 6 heteroatoms. The summed E-state index contributed by atoms with van der Waals surface area (Å²) in [4.78, 5) is 16.7. The van der Waals surface area contributed by atoms with E-state index in [9.17, 15) is 4.79 Å². The molecular weight excluding hydrogens is 362 g/mol. The van der Waals surface area contributed by atoms with E-state index < -0.39 is 0 Å². The van der Waals surface area contributed by atoms with Gasteiger partial charge in [-0.2, -0.15) is 0 Å². The van der Waals surface area contributed by atoms with E-state index in [0.29, 0.717) is 30.3 Å². The second-order valence-electron chi connectivity index (χ2n) is 6.40. The smallest absolute Gasteiger partial charge is 0.257 e. The fourth-order valence-corrected chi connectivity index (χ4v) is 2.93. The maximum absolute atomic E-state index is 12.0. The summed E-state index contributed by atoms with van der Waals surface area (Å²) in [7, 11) is 0. The number of amides is 1. The Morgan fingerprint density at radius 3 is 2.70 bits per heavy atom. The monoisotopic (exact) mass is 383 g/mol. The van der Waals surface area contributed by atoms with E-state index in [-0.39, 0.29) is 12.5 Å². The van der Waals surface area contributed by atoms with Crippen LogP contribution in [-0.4, -0.2) is 28.6 Å². The van der Waals surface area contributed by atoms with E-state index in [1.165, 1.54) is 0 Å². The third-order valence-corrected chi connectivity index (χ3v) is 4.27. The minimum absolute atomic E-state index is 0.0379. The Hall–Kier alpha value is -2.79. The predicted molar refractivity (Wildman–Crippen MR) is 108 cm³/mol. The van der Waals surface area contributed by atoms with E-state index in [4.69, 9.17) is 21.3 Å². The summed E-state index contributed by atoms with van der Waals surface area (Å²) in [5.41, 5.74) is 3.08. The van der Waals surface area contributed by atoms with Crippen LogP contribution >= 0.6 is 11.6 Å². The van der Waals surface area contributed by atoms with Crippen LogP contribution in [0, 0.1) is 0 Å². The van der Waals surface area contributed by atoms with Crippen LogP contribution in [0.2, 0.25) is 5.02 Å². The first-order valence-corrected chi connectivity index (χ1v) is 9.14. The Bertz CT molecular complexity index is 948. The van der Waals surface area contributed by atoms with E-state index in [1.54, 1.807) is 24.3 Å². The SMILES string of the molecule is C=C(C)Cn1c(CCNC(=O)COc2ccc(Cl)cc2)nc2ccccc21. The van der Waals surface area contributed by atoms with Crippen LogP contribution < -0.4 is 10.1 Å². The molecule has 5 nitrogen and oxygen atoms in total. The van der Waals surface area contributed by atoms with Gasteiger partial charge in [-0.25, -0.2) is 4.98 Å². The molecule has 0 unspecified atom stereocenters. The number of halogens is 1. The van der Waals surface area contributed by atoms with Crippen LogP contribution in [0.4, 0.5) is 0 Å². The molecule has 0 spiro atoms. The number of para-hydroxylation sites is 2. The Kier molecular flexibility index (Phi) is 6.14. The fourth-order valence-electron chi connectivity index (χ4n) is 2.81. The van der Waals surface area contributed by atoms with Gasteiger partial charge in [-0.1, -0.05) is 35.9 Å². The van der Waals surface area contributed by atoms with Crippen molar-refractivity contribution in [2.24, 2.45) is 0 Å². The molecule has 27 heavy (non-hydrogen) atoms. The molecule has 2 aromatic carbocycles. The van der Waals surface area contributed by atoms with Crippen LogP contribution in [0.25, 0.3) is 11.0 Å². The van der Waals surface area contributed by atoms with Crippen molar-refractivity contribution in [1.29, 1.82) is 0 Å². The lowest BCUT2D eigenvalue weighted by Crippen LogP contribution is -2.31. The molecule has 0 aliphatic heterocycles. The number of carbonyl (C=O) groups is 1. The molecule has 0 atom stereocenters. The van der Waals surface area contributed by atoms with Crippen LogP contribution in [0.5, 0.6) is 5.75 Å². The largest absolute Gasteiger partial charge is 0.484 e. The first kappa shape index (κ1) is 19.0. The molecule has 0 bridgehead atoms. The summed E-state index contributed by atoms with van der Waals surface area (Å²) in [6.07, 6.45) is 0.634. The van der Waals surface area contributed by atoms with E-state index in [2.05, 4.69) is 16.5 Å². The quantitative estimate of drug-likeness (QED) is 0.598. The molecule has 0 aliphatic carbocycles. The van der Waals surface area contributed by atoms with Crippen LogP contribution in [0.1, 0.15) is 12.7 Å². The number of hydrogen-bond donors (Lipinski definition) is 1. The molecule has 1 heterocycles. The zero-order valence-corrected chi connectivity index (χ0v) is 16.0. The van der Waals surface area contributed by atoms with Gasteiger partial charge >= 0.3 is 0 Å². The number of rotatable bonds is 8. The molecule has 0 saturated heterocycles. The second kappa shape index (κ2) is 8.73. The summed E-state index contributed by atoms with van der Waals surface area (Å²) >= 11 is 5.83. The zero-order chi connectivity index (χ0) is 19.2. The minimum atomic E-state index is -0.174. The summed E-state index contributed by atoms with van der Waals surface area (Å²) in [5.74, 6) is 1.36. The number of carbonyl (C=O) groups excluding carboxylic acids is 1. The van der Waals surface area contributed by atoms with Gasteiger partial charge in [0.05, 0.1) is 11.0 Å². The molecule has 1 aromatic heterocycles. The van der Waals surface area contributed by atoms with Crippen LogP contribution in [0.3, 0.4) is 0 Å². The number of fused-ring (bicyclic) bond motifs is 1. The minimum Gasteiger partial charge on any atom is -0.484 e. The lowest BCUT2D eigenvalue weighted by molar-refractivity contribution is -0.123.